The molecule has 0 fully saturated rings. The summed E-state index contributed by atoms with van der Waals surface area (Å²) in [6, 6.07) is 7.79. The molecule has 2 heterocycles. The molecule has 0 aliphatic carbocycles. The summed E-state index contributed by atoms with van der Waals surface area (Å²) >= 11 is 7.50. The van der Waals surface area contributed by atoms with Gasteiger partial charge in [-0.1, -0.05) is 28.9 Å². The van der Waals surface area contributed by atoms with Crippen LogP contribution in [0.2, 0.25) is 5.02 Å². The lowest BCUT2D eigenvalue weighted by molar-refractivity contribution is 0.442. The molecule has 0 aliphatic rings. The van der Waals surface area contributed by atoms with Gasteiger partial charge >= 0.3 is 0 Å². The van der Waals surface area contributed by atoms with Gasteiger partial charge in [0.1, 0.15) is 11.4 Å². The van der Waals surface area contributed by atoms with Crippen molar-refractivity contribution in [3.63, 3.8) is 0 Å². The number of rotatable bonds is 3. The molecule has 0 saturated heterocycles. The molecule has 0 saturated carbocycles. The topological polar surface area (TPSA) is 51.8 Å². The van der Waals surface area contributed by atoms with Gasteiger partial charge in [-0.2, -0.15) is 4.98 Å². The average molecular weight is 292 g/mol. The van der Waals surface area contributed by atoms with Crippen molar-refractivity contribution in [3.05, 3.63) is 46.9 Å². The van der Waals surface area contributed by atoms with Crippen LogP contribution in [0.15, 0.2) is 40.1 Å². The Morgan fingerprint density at radius 2 is 2.00 bits per heavy atom. The van der Waals surface area contributed by atoms with Crippen LogP contribution in [0.25, 0.3) is 11.1 Å². The number of halogens is 1. The molecule has 96 valence electrons. The van der Waals surface area contributed by atoms with Crippen LogP contribution in [0.1, 0.15) is 11.3 Å². The maximum atomic E-state index is 5.86. The van der Waals surface area contributed by atoms with Crippen LogP contribution in [0.4, 0.5) is 0 Å². The number of hydrogen-bond acceptors (Lipinski definition) is 5. The highest BCUT2D eigenvalue weighted by molar-refractivity contribution is 7.98. The lowest BCUT2D eigenvalue weighted by atomic mass is 10.2. The highest BCUT2D eigenvalue weighted by Crippen LogP contribution is 2.29. The molecule has 0 spiro atoms. The number of thioether (sulfide) groups is 1. The van der Waals surface area contributed by atoms with Gasteiger partial charge in [0.25, 0.3) is 5.71 Å². The molecule has 1 aromatic carbocycles. The molecule has 0 amide bonds. The first kappa shape index (κ1) is 12.4. The third-order valence-electron chi connectivity index (χ3n) is 2.70. The van der Waals surface area contributed by atoms with Crippen molar-refractivity contribution >= 4 is 34.5 Å². The normalized spacial score (nSPS) is 11.1. The van der Waals surface area contributed by atoms with E-state index in [0.29, 0.717) is 5.71 Å². The molecular weight excluding hydrogens is 282 g/mol. The van der Waals surface area contributed by atoms with Crippen molar-refractivity contribution in [2.24, 2.45) is 0 Å². The number of nitrogens with zero attached hydrogens (tertiary/aromatic N) is 3. The van der Waals surface area contributed by atoms with Gasteiger partial charge in [-0.3, -0.25) is 0 Å². The third kappa shape index (κ3) is 2.57. The van der Waals surface area contributed by atoms with Gasteiger partial charge in [-0.25, -0.2) is 4.98 Å². The molecule has 0 unspecified atom stereocenters. The first-order chi connectivity index (χ1) is 9.24. The largest absolute Gasteiger partial charge is 0.335 e. The summed E-state index contributed by atoms with van der Waals surface area (Å²) in [5.74, 6) is 0.813. The van der Waals surface area contributed by atoms with Crippen molar-refractivity contribution < 1.29 is 4.52 Å². The highest BCUT2D eigenvalue weighted by Gasteiger charge is 2.12. The quantitative estimate of drug-likeness (QED) is 0.541. The summed E-state index contributed by atoms with van der Waals surface area (Å²) in [4.78, 5) is 8.36. The molecule has 3 rings (SSSR count). The van der Waals surface area contributed by atoms with Crippen molar-refractivity contribution in [3.8, 4) is 0 Å². The first-order valence-corrected chi connectivity index (χ1v) is 7.04. The Hall–Kier alpha value is -1.59. The van der Waals surface area contributed by atoms with Gasteiger partial charge in [0, 0.05) is 10.8 Å². The van der Waals surface area contributed by atoms with Crippen LogP contribution in [-0.2, 0) is 5.75 Å². The van der Waals surface area contributed by atoms with E-state index in [2.05, 4.69) is 15.1 Å². The molecule has 0 radical (unpaired) electrons. The Morgan fingerprint density at radius 3 is 2.79 bits per heavy atom. The van der Waals surface area contributed by atoms with E-state index in [1.54, 1.807) is 11.8 Å². The van der Waals surface area contributed by atoms with Crippen LogP contribution in [0.3, 0.4) is 0 Å². The summed E-state index contributed by atoms with van der Waals surface area (Å²) in [6.45, 7) is 1.89. The Morgan fingerprint density at radius 1 is 1.21 bits per heavy atom. The summed E-state index contributed by atoms with van der Waals surface area (Å²) < 4.78 is 5.13. The SMILES string of the molecule is Cc1noc2ncnc(SCc3ccc(Cl)cc3)c12. The molecule has 0 atom stereocenters. The third-order valence-corrected chi connectivity index (χ3v) is 4.01. The van der Waals surface area contributed by atoms with Crippen molar-refractivity contribution in [1.82, 2.24) is 15.1 Å². The number of fused-ring (bicyclic) bond motifs is 1. The fourth-order valence-electron chi connectivity index (χ4n) is 1.73. The molecule has 3 aromatic rings. The van der Waals surface area contributed by atoms with Crippen LogP contribution in [0, 0.1) is 6.92 Å². The molecule has 4 nitrogen and oxygen atoms in total. The summed E-state index contributed by atoms with van der Waals surface area (Å²) in [6.07, 6.45) is 1.50. The lowest BCUT2D eigenvalue weighted by Crippen LogP contribution is -1.87. The fourth-order valence-corrected chi connectivity index (χ4v) is 2.85. The van der Waals surface area contributed by atoms with Crippen LogP contribution in [-0.4, -0.2) is 15.1 Å². The van der Waals surface area contributed by atoms with Gasteiger partial charge in [0.2, 0.25) is 0 Å². The molecule has 19 heavy (non-hydrogen) atoms. The standard InChI is InChI=1S/C13H10ClN3OS/c1-8-11-12(18-17-8)15-7-16-13(11)19-6-9-2-4-10(14)5-3-9/h2-5,7H,6H2,1H3. The van der Waals surface area contributed by atoms with E-state index < -0.39 is 0 Å². The van der Waals surface area contributed by atoms with Crippen molar-refractivity contribution in [1.29, 1.82) is 0 Å². The second-order valence-electron chi connectivity index (χ2n) is 4.04. The van der Waals surface area contributed by atoms with Crippen LogP contribution >= 0.6 is 23.4 Å². The predicted octanol–water partition coefficient (Wildman–Crippen LogP) is 3.87. The zero-order valence-electron chi connectivity index (χ0n) is 10.1. The molecule has 0 bridgehead atoms. The van der Waals surface area contributed by atoms with Crippen molar-refractivity contribution in [2.45, 2.75) is 17.7 Å². The lowest BCUT2D eigenvalue weighted by Gasteiger charge is -2.02. The van der Waals surface area contributed by atoms with E-state index in [1.807, 2.05) is 31.2 Å². The summed E-state index contributed by atoms with van der Waals surface area (Å²) in [5, 5.41) is 6.44. The smallest absolute Gasteiger partial charge is 0.262 e. The maximum absolute atomic E-state index is 5.86. The van der Waals surface area contributed by atoms with E-state index >= 15 is 0 Å². The van der Waals surface area contributed by atoms with Crippen molar-refractivity contribution in [2.75, 3.05) is 0 Å². The zero-order valence-corrected chi connectivity index (χ0v) is 11.7. The van der Waals surface area contributed by atoms with E-state index in [1.165, 1.54) is 11.9 Å². The number of hydrogen-bond donors (Lipinski definition) is 0. The second-order valence-corrected chi connectivity index (χ2v) is 5.44. The number of aryl methyl sites for hydroxylation is 1. The van der Waals surface area contributed by atoms with E-state index in [9.17, 15) is 0 Å². The minimum Gasteiger partial charge on any atom is -0.335 e. The Kier molecular flexibility index (Phi) is 3.40. The van der Waals surface area contributed by atoms with Gasteiger partial charge in [0.05, 0.1) is 11.1 Å². The van der Waals surface area contributed by atoms with Crippen LogP contribution in [0.5, 0.6) is 0 Å². The molecular formula is C13H10ClN3OS. The molecule has 6 heteroatoms. The van der Waals surface area contributed by atoms with E-state index in [4.69, 9.17) is 16.1 Å². The minimum atomic E-state index is 0.533. The maximum Gasteiger partial charge on any atom is 0.262 e. The fraction of sp³-hybridized carbons (Fsp3) is 0.154. The molecule has 0 aliphatic heterocycles. The van der Waals surface area contributed by atoms with Gasteiger partial charge < -0.3 is 4.52 Å². The summed E-state index contributed by atoms with van der Waals surface area (Å²) in [7, 11) is 0. The Bertz CT molecular complexity index is 711. The highest BCUT2D eigenvalue weighted by atomic mass is 35.5. The van der Waals surface area contributed by atoms with E-state index in [-0.39, 0.29) is 0 Å². The molecule has 2 aromatic heterocycles. The first-order valence-electron chi connectivity index (χ1n) is 5.68. The monoisotopic (exact) mass is 291 g/mol. The summed E-state index contributed by atoms with van der Waals surface area (Å²) in [5.41, 5.74) is 2.54. The molecule has 0 N–H and O–H groups in total. The zero-order chi connectivity index (χ0) is 13.2. The predicted molar refractivity (Wildman–Crippen MR) is 75.3 cm³/mol. The van der Waals surface area contributed by atoms with Gasteiger partial charge in [0.15, 0.2) is 0 Å². The van der Waals surface area contributed by atoms with Crippen LogP contribution < -0.4 is 0 Å². The number of benzene rings is 1. The number of aromatic nitrogens is 3. The van der Waals surface area contributed by atoms with Gasteiger partial charge in [-0.05, 0) is 24.6 Å². The average Bonchev–Trinajstić information content (AvgIpc) is 2.81. The Balaban J connectivity index is 1.85. The second kappa shape index (κ2) is 5.19. The van der Waals surface area contributed by atoms with Gasteiger partial charge in [-0.15, -0.1) is 11.8 Å². The minimum absolute atomic E-state index is 0.533. The Labute approximate surface area is 119 Å². The van der Waals surface area contributed by atoms with E-state index in [0.717, 1.165) is 26.9 Å².